The molecule has 1 aliphatic rings. The first-order valence-electron chi connectivity index (χ1n) is 8.12. The minimum absolute atomic E-state index is 0.0539. The highest BCUT2D eigenvalue weighted by atomic mass is 16.3. The highest BCUT2D eigenvalue weighted by Gasteiger charge is 2.46. The van der Waals surface area contributed by atoms with Gasteiger partial charge in [-0.25, -0.2) is 0 Å². The van der Waals surface area contributed by atoms with Crippen molar-refractivity contribution >= 4 is 28.1 Å². The van der Waals surface area contributed by atoms with Crippen LogP contribution in [0.5, 0.6) is 11.5 Å². The van der Waals surface area contributed by atoms with Crippen molar-refractivity contribution in [2.75, 3.05) is 0 Å². The van der Waals surface area contributed by atoms with Crippen LogP contribution in [0, 0.1) is 12.8 Å². The van der Waals surface area contributed by atoms with E-state index in [1.165, 1.54) is 13.8 Å². The molecule has 5 heteroatoms. The van der Waals surface area contributed by atoms with Crippen LogP contribution in [0.15, 0.2) is 12.1 Å². The molecule has 25 heavy (non-hydrogen) atoms. The van der Waals surface area contributed by atoms with Gasteiger partial charge in [0.2, 0.25) is 0 Å². The van der Waals surface area contributed by atoms with E-state index in [2.05, 4.69) is 0 Å². The lowest BCUT2D eigenvalue weighted by molar-refractivity contribution is -0.126. The number of phenols is 2. The number of aromatic hydroxyl groups is 2. The van der Waals surface area contributed by atoms with E-state index in [0.29, 0.717) is 16.5 Å². The summed E-state index contributed by atoms with van der Waals surface area (Å²) >= 11 is 0. The van der Waals surface area contributed by atoms with Gasteiger partial charge in [-0.05, 0) is 57.2 Å². The van der Waals surface area contributed by atoms with Crippen LogP contribution in [-0.2, 0) is 10.2 Å². The van der Waals surface area contributed by atoms with Crippen LogP contribution in [0.3, 0.4) is 0 Å². The van der Waals surface area contributed by atoms with Gasteiger partial charge >= 0.3 is 0 Å². The molecule has 0 saturated carbocycles. The van der Waals surface area contributed by atoms with Crippen molar-refractivity contribution in [1.82, 2.24) is 0 Å². The van der Waals surface area contributed by atoms with Crippen LogP contribution in [0.25, 0.3) is 10.8 Å². The maximum absolute atomic E-state index is 12.6. The topological polar surface area (TPSA) is 91.7 Å². The highest BCUT2D eigenvalue weighted by Crippen LogP contribution is 2.47. The fourth-order valence-electron chi connectivity index (χ4n) is 3.87. The van der Waals surface area contributed by atoms with Crippen LogP contribution in [0.1, 0.15) is 59.5 Å². The minimum atomic E-state index is -0.933. The van der Waals surface area contributed by atoms with Crippen molar-refractivity contribution in [3.05, 3.63) is 34.4 Å². The number of carbonyl (C=O) groups excluding carboxylic acids is 3. The third kappa shape index (κ3) is 2.11. The zero-order chi connectivity index (χ0) is 18.8. The van der Waals surface area contributed by atoms with Gasteiger partial charge < -0.3 is 10.2 Å². The average molecular weight is 340 g/mol. The van der Waals surface area contributed by atoms with Crippen molar-refractivity contribution in [3.63, 3.8) is 0 Å². The molecular weight excluding hydrogens is 320 g/mol. The Labute approximate surface area is 145 Å². The average Bonchev–Trinajstić information content (AvgIpc) is 2.50. The van der Waals surface area contributed by atoms with E-state index in [0.717, 1.165) is 0 Å². The first-order chi connectivity index (χ1) is 11.5. The summed E-state index contributed by atoms with van der Waals surface area (Å²) in [6.45, 7) is 7.99. The Hall–Kier alpha value is -2.69. The summed E-state index contributed by atoms with van der Waals surface area (Å²) in [6.07, 6.45) is 0. The summed E-state index contributed by atoms with van der Waals surface area (Å²) < 4.78 is 0. The number of phenolic OH excluding ortho intramolecular Hbond substituents is 2. The number of hydrogen-bond donors (Lipinski definition) is 2. The molecule has 0 aliphatic heterocycles. The van der Waals surface area contributed by atoms with Gasteiger partial charge in [-0.15, -0.1) is 0 Å². The van der Waals surface area contributed by atoms with Gasteiger partial charge in [0.25, 0.3) is 0 Å². The molecule has 3 rings (SSSR count). The quantitative estimate of drug-likeness (QED) is 0.613. The molecule has 0 aromatic heterocycles. The maximum Gasteiger partial charge on any atom is 0.177 e. The standard InChI is InChI=1S/C20H20O5/c1-8-6-11-7-12-15(16(22)9(2)19(25)20(12,4)5)18(24)14(11)17(23)13(8)10(3)21/h6-7,9,23-24H,1-5H3. The molecule has 0 radical (unpaired) electrons. The summed E-state index contributed by atoms with van der Waals surface area (Å²) in [7, 11) is 0. The number of benzene rings is 2. The number of aryl methyl sites for hydroxylation is 1. The predicted octanol–water partition coefficient (Wildman–Crippen LogP) is 3.44. The third-order valence-electron chi connectivity index (χ3n) is 5.25. The number of rotatable bonds is 1. The Kier molecular flexibility index (Phi) is 3.53. The molecule has 0 fully saturated rings. The van der Waals surface area contributed by atoms with Gasteiger partial charge in [0, 0.05) is 5.41 Å². The van der Waals surface area contributed by atoms with Crippen LogP contribution in [-0.4, -0.2) is 27.6 Å². The molecule has 0 heterocycles. The normalized spacial score (nSPS) is 19.2. The summed E-state index contributed by atoms with van der Waals surface area (Å²) in [5.41, 5.74) is 0.251. The second kappa shape index (κ2) is 5.15. The van der Waals surface area contributed by atoms with Crippen molar-refractivity contribution in [1.29, 1.82) is 0 Å². The smallest absolute Gasteiger partial charge is 0.177 e. The maximum atomic E-state index is 12.6. The fraction of sp³-hybridized carbons (Fsp3) is 0.350. The van der Waals surface area contributed by atoms with Crippen LogP contribution >= 0.6 is 0 Å². The van der Waals surface area contributed by atoms with Gasteiger partial charge in [-0.1, -0.05) is 6.07 Å². The van der Waals surface area contributed by atoms with E-state index in [1.54, 1.807) is 32.9 Å². The van der Waals surface area contributed by atoms with E-state index < -0.39 is 17.1 Å². The minimum Gasteiger partial charge on any atom is -0.506 e. The number of Topliss-reactive ketones (excluding diaryl/α,β-unsaturated/α-hetero) is 3. The highest BCUT2D eigenvalue weighted by molar-refractivity contribution is 6.22. The number of fused-ring (bicyclic) bond motifs is 2. The fourth-order valence-corrected chi connectivity index (χ4v) is 3.87. The molecule has 1 aliphatic carbocycles. The lowest BCUT2D eigenvalue weighted by Gasteiger charge is -2.34. The van der Waals surface area contributed by atoms with E-state index in [-0.39, 0.29) is 39.6 Å². The van der Waals surface area contributed by atoms with E-state index in [9.17, 15) is 24.6 Å². The van der Waals surface area contributed by atoms with Gasteiger partial charge in [0.15, 0.2) is 17.3 Å². The second-order valence-electron chi connectivity index (χ2n) is 7.29. The Morgan fingerprint density at radius 2 is 1.72 bits per heavy atom. The lowest BCUT2D eigenvalue weighted by atomic mass is 9.66. The molecule has 0 amide bonds. The van der Waals surface area contributed by atoms with Crippen LogP contribution in [0.4, 0.5) is 0 Å². The SMILES string of the molecule is CC(=O)c1c(C)cc2cc3c(c(O)c2c1O)C(=O)C(C)C(=O)C3(C)C. The number of hydrogen-bond acceptors (Lipinski definition) is 5. The zero-order valence-electron chi connectivity index (χ0n) is 14.9. The van der Waals surface area contributed by atoms with Crippen molar-refractivity contribution < 1.29 is 24.6 Å². The van der Waals surface area contributed by atoms with Crippen molar-refractivity contribution in [2.24, 2.45) is 5.92 Å². The summed E-state index contributed by atoms with van der Waals surface area (Å²) in [4.78, 5) is 37.0. The molecule has 5 nitrogen and oxygen atoms in total. The van der Waals surface area contributed by atoms with Crippen LogP contribution < -0.4 is 0 Å². The molecule has 0 bridgehead atoms. The first-order valence-corrected chi connectivity index (χ1v) is 8.12. The molecule has 1 atom stereocenters. The Morgan fingerprint density at radius 1 is 1.12 bits per heavy atom. The molecule has 130 valence electrons. The van der Waals surface area contributed by atoms with E-state index in [4.69, 9.17) is 0 Å². The van der Waals surface area contributed by atoms with Gasteiger partial charge in [-0.2, -0.15) is 0 Å². The second-order valence-corrected chi connectivity index (χ2v) is 7.29. The van der Waals surface area contributed by atoms with E-state index in [1.807, 2.05) is 0 Å². The van der Waals surface area contributed by atoms with Crippen molar-refractivity contribution in [3.8, 4) is 11.5 Å². The number of carbonyl (C=O) groups is 3. The summed E-state index contributed by atoms with van der Waals surface area (Å²) in [5, 5.41) is 21.9. The Balaban J connectivity index is 2.52. The summed E-state index contributed by atoms with van der Waals surface area (Å²) in [5.74, 6) is -2.58. The Morgan fingerprint density at radius 3 is 2.28 bits per heavy atom. The molecule has 0 spiro atoms. The molecule has 2 aromatic carbocycles. The molecule has 1 unspecified atom stereocenters. The predicted molar refractivity (Wildman–Crippen MR) is 93.5 cm³/mol. The molecule has 2 N–H and O–H groups in total. The van der Waals surface area contributed by atoms with Gasteiger partial charge in [-0.3, -0.25) is 14.4 Å². The summed E-state index contributed by atoms with van der Waals surface area (Å²) in [6, 6.07) is 3.33. The van der Waals surface area contributed by atoms with Crippen LogP contribution in [0.2, 0.25) is 0 Å². The van der Waals surface area contributed by atoms with Gasteiger partial charge in [0.05, 0.1) is 22.4 Å². The molecule has 0 saturated heterocycles. The number of ketones is 3. The molecular formula is C20H20O5. The molecule has 2 aromatic rings. The van der Waals surface area contributed by atoms with E-state index >= 15 is 0 Å². The van der Waals surface area contributed by atoms with Gasteiger partial charge in [0.1, 0.15) is 11.5 Å². The van der Waals surface area contributed by atoms with Crippen molar-refractivity contribution in [2.45, 2.75) is 40.0 Å². The third-order valence-corrected chi connectivity index (χ3v) is 5.25. The first kappa shape index (κ1) is 17.1. The Bertz CT molecular complexity index is 982. The lowest BCUT2D eigenvalue weighted by Crippen LogP contribution is -2.43. The largest absolute Gasteiger partial charge is 0.506 e. The zero-order valence-corrected chi connectivity index (χ0v) is 14.9. The monoisotopic (exact) mass is 340 g/mol.